The van der Waals surface area contributed by atoms with Crippen molar-refractivity contribution in [3.8, 4) is 0 Å². The molecule has 0 saturated carbocycles. The standard InChI is InChI=1S/2C5H11O.Zn/c2*1-4-5(2,3)6;/h2*4H2,1-3H3;/q2*-1;+2. The van der Waals surface area contributed by atoms with Crippen molar-refractivity contribution in [3.63, 3.8) is 0 Å². The van der Waals surface area contributed by atoms with Crippen molar-refractivity contribution < 1.29 is 29.7 Å². The van der Waals surface area contributed by atoms with E-state index in [1.807, 2.05) is 13.8 Å². The van der Waals surface area contributed by atoms with Crippen molar-refractivity contribution >= 4 is 0 Å². The number of hydrogen-bond donors (Lipinski definition) is 0. The van der Waals surface area contributed by atoms with Gasteiger partial charge in [-0.1, -0.05) is 54.4 Å². The van der Waals surface area contributed by atoms with Crippen LogP contribution in [0.25, 0.3) is 0 Å². The van der Waals surface area contributed by atoms with Crippen LogP contribution >= 0.6 is 0 Å². The molecule has 0 aliphatic rings. The summed E-state index contributed by atoms with van der Waals surface area (Å²) >= 11 is 0. The molecule has 0 aromatic heterocycles. The first-order chi connectivity index (χ1) is 5.12. The van der Waals surface area contributed by atoms with Crippen LogP contribution in [0.4, 0.5) is 0 Å². The van der Waals surface area contributed by atoms with E-state index in [9.17, 15) is 10.2 Å². The molecule has 0 radical (unpaired) electrons. The van der Waals surface area contributed by atoms with Crippen LogP contribution in [0.5, 0.6) is 0 Å². The summed E-state index contributed by atoms with van der Waals surface area (Å²) in [6.07, 6.45) is 1.43. The van der Waals surface area contributed by atoms with E-state index in [-0.39, 0.29) is 19.5 Å². The molecule has 0 unspecified atom stereocenters. The first-order valence-electron chi connectivity index (χ1n) is 4.53. The molecule has 0 saturated heterocycles. The number of rotatable bonds is 2. The van der Waals surface area contributed by atoms with E-state index >= 15 is 0 Å². The van der Waals surface area contributed by atoms with Gasteiger partial charge in [-0.2, -0.15) is 0 Å². The molecule has 0 amide bonds. The minimum absolute atomic E-state index is 0. The molecule has 0 spiro atoms. The quantitative estimate of drug-likeness (QED) is 0.677. The Hall–Kier alpha value is 0.543. The summed E-state index contributed by atoms with van der Waals surface area (Å²) in [5.74, 6) is 0. The van der Waals surface area contributed by atoms with Gasteiger partial charge in [0.25, 0.3) is 0 Å². The zero-order chi connectivity index (χ0) is 10.4. The fraction of sp³-hybridized carbons (Fsp3) is 1.00. The predicted molar refractivity (Wildman–Crippen MR) is 48.7 cm³/mol. The average Bonchev–Trinajstić information content (AvgIpc) is 1.86. The van der Waals surface area contributed by atoms with Gasteiger partial charge in [0, 0.05) is 0 Å². The van der Waals surface area contributed by atoms with Gasteiger partial charge in [0.15, 0.2) is 0 Å². The second-order valence-corrected chi connectivity index (χ2v) is 4.23. The van der Waals surface area contributed by atoms with Gasteiger partial charge < -0.3 is 10.2 Å². The van der Waals surface area contributed by atoms with E-state index in [0.29, 0.717) is 12.8 Å². The van der Waals surface area contributed by atoms with E-state index in [1.165, 1.54) is 0 Å². The SMILES string of the molecule is CCC(C)(C)[O-].CCC(C)(C)[O-].[Zn+2]. The molecular formula is C10H22O2Zn. The molecular weight excluding hydrogens is 217 g/mol. The van der Waals surface area contributed by atoms with Gasteiger partial charge in [0.1, 0.15) is 0 Å². The summed E-state index contributed by atoms with van der Waals surface area (Å²) in [5, 5.41) is 20.9. The Morgan fingerprint density at radius 1 is 0.769 bits per heavy atom. The van der Waals surface area contributed by atoms with E-state index in [1.54, 1.807) is 27.7 Å². The third-order valence-corrected chi connectivity index (χ3v) is 1.70. The molecule has 2 nitrogen and oxygen atoms in total. The zero-order valence-corrected chi connectivity index (χ0v) is 12.9. The van der Waals surface area contributed by atoms with Gasteiger partial charge in [-0.3, -0.25) is 0 Å². The normalized spacial score (nSPS) is 11.1. The van der Waals surface area contributed by atoms with E-state index in [0.717, 1.165) is 0 Å². The first-order valence-corrected chi connectivity index (χ1v) is 4.53. The maximum Gasteiger partial charge on any atom is 2.00 e. The Morgan fingerprint density at radius 2 is 0.846 bits per heavy atom. The Bertz CT molecular complexity index is 86.5. The van der Waals surface area contributed by atoms with E-state index < -0.39 is 11.2 Å². The monoisotopic (exact) mass is 238 g/mol. The van der Waals surface area contributed by atoms with Gasteiger partial charge >= 0.3 is 19.5 Å². The molecule has 0 N–H and O–H groups in total. The van der Waals surface area contributed by atoms with Crippen molar-refractivity contribution in [2.45, 2.75) is 65.6 Å². The second kappa shape index (κ2) is 7.90. The van der Waals surface area contributed by atoms with Crippen molar-refractivity contribution in [2.75, 3.05) is 0 Å². The smallest absolute Gasteiger partial charge is 0.850 e. The van der Waals surface area contributed by atoms with Crippen LogP contribution in [-0.2, 0) is 19.5 Å². The summed E-state index contributed by atoms with van der Waals surface area (Å²) in [6.45, 7) is 10.5. The Labute approximate surface area is 95.5 Å². The molecule has 76 valence electrons. The van der Waals surface area contributed by atoms with Crippen LogP contribution in [0, 0.1) is 0 Å². The largest absolute Gasteiger partial charge is 2.00 e. The molecule has 0 aliphatic heterocycles. The summed E-state index contributed by atoms with van der Waals surface area (Å²) in [4.78, 5) is 0. The van der Waals surface area contributed by atoms with Gasteiger partial charge in [-0.25, -0.2) is 0 Å². The molecule has 0 rings (SSSR count). The zero-order valence-electron chi connectivity index (χ0n) is 9.94. The summed E-state index contributed by atoms with van der Waals surface area (Å²) in [6, 6.07) is 0. The van der Waals surface area contributed by atoms with E-state index in [4.69, 9.17) is 0 Å². The molecule has 0 aromatic carbocycles. The molecule has 3 heteroatoms. The van der Waals surface area contributed by atoms with Crippen LogP contribution in [0.2, 0.25) is 0 Å². The van der Waals surface area contributed by atoms with Crippen molar-refractivity contribution in [2.24, 2.45) is 0 Å². The molecule has 0 aromatic rings. The van der Waals surface area contributed by atoms with Crippen LogP contribution in [0.15, 0.2) is 0 Å². The molecule has 0 bridgehead atoms. The fourth-order valence-corrected chi connectivity index (χ4v) is 0. The summed E-state index contributed by atoms with van der Waals surface area (Å²) in [7, 11) is 0. The number of hydrogen-bond acceptors (Lipinski definition) is 2. The molecule has 0 fully saturated rings. The second-order valence-electron chi connectivity index (χ2n) is 4.23. The van der Waals surface area contributed by atoms with Crippen LogP contribution in [0.1, 0.15) is 54.4 Å². The first kappa shape index (κ1) is 19.2. The Balaban J connectivity index is -0.000000143. The third-order valence-electron chi connectivity index (χ3n) is 1.70. The van der Waals surface area contributed by atoms with Crippen LogP contribution in [0.3, 0.4) is 0 Å². The topological polar surface area (TPSA) is 46.1 Å². The van der Waals surface area contributed by atoms with Crippen LogP contribution < -0.4 is 10.2 Å². The maximum absolute atomic E-state index is 10.5. The minimum atomic E-state index is -0.708. The van der Waals surface area contributed by atoms with Crippen LogP contribution in [-0.4, -0.2) is 11.2 Å². The van der Waals surface area contributed by atoms with E-state index in [2.05, 4.69) is 0 Å². The maximum atomic E-state index is 10.5. The average molecular weight is 240 g/mol. The van der Waals surface area contributed by atoms with Gasteiger partial charge in [-0.15, -0.1) is 11.2 Å². The molecule has 13 heavy (non-hydrogen) atoms. The predicted octanol–water partition coefficient (Wildman–Crippen LogP) is 1.07. The Morgan fingerprint density at radius 3 is 0.846 bits per heavy atom. The van der Waals surface area contributed by atoms with Crippen molar-refractivity contribution in [3.05, 3.63) is 0 Å². The third kappa shape index (κ3) is 32.6. The molecule has 0 atom stereocenters. The summed E-state index contributed by atoms with van der Waals surface area (Å²) < 4.78 is 0. The molecule has 0 aliphatic carbocycles. The molecule has 0 heterocycles. The van der Waals surface area contributed by atoms with Gasteiger partial charge in [-0.05, 0) is 0 Å². The van der Waals surface area contributed by atoms with Gasteiger partial charge in [0.2, 0.25) is 0 Å². The van der Waals surface area contributed by atoms with Crippen molar-refractivity contribution in [1.82, 2.24) is 0 Å². The fourth-order valence-electron chi connectivity index (χ4n) is 0. The van der Waals surface area contributed by atoms with Crippen molar-refractivity contribution in [1.29, 1.82) is 0 Å². The minimum Gasteiger partial charge on any atom is -0.850 e. The summed E-state index contributed by atoms with van der Waals surface area (Å²) in [5.41, 5.74) is -1.42. The van der Waals surface area contributed by atoms with Gasteiger partial charge in [0.05, 0.1) is 0 Å². The Kier molecular flexibility index (Phi) is 11.7.